The van der Waals surface area contributed by atoms with Crippen molar-refractivity contribution in [2.24, 2.45) is 0 Å². The lowest BCUT2D eigenvalue weighted by Crippen LogP contribution is -2.46. The molecule has 0 fully saturated rings. The molecule has 0 bridgehead atoms. The van der Waals surface area contributed by atoms with Crippen molar-refractivity contribution in [2.45, 2.75) is 74.1 Å². The molecule has 18 N–H and O–H groups in total. The predicted octanol–water partition coefficient (Wildman–Crippen LogP) is -10.7. The molecule has 0 rings (SSSR count). The molecule has 0 aromatic rings. The van der Waals surface area contributed by atoms with Gasteiger partial charge in [0.15, 0.2) is 12.6 Å². The summed E-state index contributed by atoms with van der Waals surface area (Å²) in [7, 11) is 0. The van der Waals surface area contributed by atoms with Gasteiger partial charge in [0.25, 0.3) is 0 Å². The number of carbonyl (C=O) groups is 2. The van der Waals surface area contributed by atoms with Crippen LogP contribution in [0.25, 0.3) is 0 Å². The Morgan fingerprint density at radius 2 is 0.659 bits per heavy atom. The topological polar surface area (TPSA) is 398 Å². The van der Waals surface area contributed by atoms with Crippen LogP contribution in [-0.4, -0.2) is 218 Å². The van der Waals surface area contributed by atoms with Crippen molar-refractivity contribution in [1.29, 1.82) is 0 Å². The molecule has 252 valence electrons. The Balaban J connectivity index is -0.000000139. The number of rotatable bonds is 15. The molecule has 20 nitrogen and oxygen atoms in total. The lowest BCUT2D eigenvalue weighted by Gasteiger charge is -2.22. The highest BCUT2D eigenvalue weighted by atomic mass is 16.4. The van der Waals surface area contributed by atoms with E-state index in [-0.39, 0.29) is 32.4 Å². The van der Waals surface area contributed by atoms with Crippen LogP contribution in [0.3, 0.4) is 0 Å². The van der Waals surface area contributed by atoms with Gasteiger partial charge in [-0.15, -0.1) is 0 Å². The molecule has 0 aromatic carbocycles. The lowest BCUT2D eigenvalue weighted by molar-refractivity contribution is -0.136. The van der Waals surface area contributed by atoms with Crippen LogP contribution in [0.15, 0.2) is 0 Å². The fourth-order valence-corrected chi connectivity index (χ4v) is 1.56. The van der Waals surface area contributed by atoms with Gasteiger partial charge in [-0.05, 0) is 6.92 Å². The van der Waals surface area contributed by atoms with Crippen LogP contribution in [0.2, 0.25) is 0 Å². The van der Waals surface area contributed by atoms with Gasteiger partial charge >= 0.3 is 0 Å². The van der Waals surface area contributed by atoms with Gasteiger partial charge in [-0.25, -0.2) is 0 Å². The highest BCUT2D eigenvalue weighted by Gasteiger charge is 2.29. The Morgan fingerprint density at radius 3 is 0.878 bits per heavy atom. The summed E-state index contributed by atoms with van der Waals surface area (Å²) in [6, 6.07) is 0. The SMILES string of the molecule is CCO.O=C[C@H](O)[C@@H](O)[C@H](O)CO.O=C[C@H](O)[C@@H](O)[C@H](O)[C@H](O)CO.OCC(O)CO.OC[C@@H](O)[C@H](O)[C@@H](O)CO. The number of hydrogen-bond acceptors (Lipinski definition) is 20. The quantitative estimate of drug-likeness (QED) is 0.0755. The van der Waals surface area contributed by atoms with E-state index in [1.807, 2.05) is 0 Å². The fourth-order valence-electron chi connectivity index (χ4n) is 1.56. The molecule has 41 heavy (non-hydrogen) atoms. The van der Waals surface area contributed by atoms with Crippen molar-refractivity contribution < 1.29 is 102 Å². The zero-order chi connectivity index (χ0) is 33.7. The molecule has 0 aliphatic carbocycles. The van der Waals surface area contributed by atoms with Gasteiger partial charge in [0.05, 0.1) is 39.6 Å². The molecule has 0 amide bonds. The third-order valence-electron chi connectivity index (χ3n) is 4.08. The first-order valence-corrected chi connectivity index (χ1v) is 11.7. The molecular weight excluding hydrogens is 572 g/mol. The van der Waals surface area contributed by atoms with E-state index < -0.39 is 93.6 Å². The lowest BCUT2D eigenvalue weighted by atomic mass is 10.0. The summed E-state index contributed by atoms with van der Waals surface area (Å²) in [5.74, 6) is 0. The van der Waals surface area contributed by atoms with Crippen LogP contribution >= 0.6 is 0 Å². The van der Waals surface area contributed by atoms with Crippen LogP contribution in [0, 0.1) is 0 Å². The number of aliphatic hydroxyl groups is 18. The molecule has 0 aromatic heterocycles. The van der Waals surface area contributed by atoms with Crippen molar-refractivity contribution in [3.8, 4) is 0 Å². The normalized spacial score (nSPS) is 17.8. The maximum Gasteiger partial charge on any atom is 0.151 e. The van der Waals surface area contributed by atoms with E-state index in [0.29, 0.717) is 0 Å². The summed E-state index contributed by atoms with van der Waals surface area (Å²) in [6.45, 7) is -1.53. The summed E-state index contributed by atoms with van der Waals surface area (Å²) < 4.78 is 0. The van der Waals surface area contributed by atoms with E-state index in [1.165, 1.54) is 0 Å². The van der Waals surface area contributed by atoms with Crippen LogP contribution in [-0.2, 0) is 9.59 Å². The number of aliphatic hydroxyl groups excluding tert-OH is 18. The Labute approximate surface area is 235 Å². The Hall–Kier alpha value is -1.38. The summed E-state index contributed by atoms with van der Waals surface area (Å²) in [5.41, 5.74) is 0. The Kier molecular flexibility index (Phi) is 39.8. The number of carbonyl (C=O) groups excluding carboxylic acids is 2. The summed E-state index contributed by atoms with van der Waals surface area (Å²) in [4.78, 5) is 19.7. The van der Waals surface area contributed by atoms with Crippen molar-refractivity contribution in [3.05, 3.63) is 0 Å². The molecule has 0 aliphatic rings. The first kappa shape index (κ1) is 49.3. The third kappa shape index (κ3) is 28.5. The zero-order valence-corrected chi connectivity index (χ0v) is 22.3. The minimum Gasteiger partial charge on any atom is -0.397 e. The second-order valence-electron chi connectivity index (χ2n) is 7.55. The van der Waals surface area contributed by atoms with Gasteiger partial charge in [0, 0.05) is 6.61 Å². The van der Waals surface area contributed by atoms with Crippen molar-refractivity contribution in [2.75, 3.05) is 46.2 Å². The zero-order valence-electron chi connectivity index (χ0n) is 22.3. The highest BCUT2D eigenvalue weighted by Crippen LogP contribution is 2.03. The smallest absolute Gasteiger partial charge is 0.151 e. The second-order valence-corrected chi connectivity index (χ2v) is 7.55. The fraction of sp³-hybridized carbons (Fsp3) is 0.905. The van der Waals surface area contributed by atoms with Gasteiger partial charge in [-0.2, -0.15) is 0 Å². The summed E-state index contributed by atoms with van der Waals surface area (Å²) >= 11 is 0. The molecule has 0 spiro atoms. The first-order valence-electron chi connectivity index (χ1n) is 11.7. The van der Waals surface area contributed by atoms with Crippen LogP contribution in [0.1, 0.15) is 6.92 Å². The summed E-state index contributed by atoms with van der Waals surface area (Å²) in [5, 5.41) is 152. The molecule has 20 heteroatoms. The van der Waals surface area contributed by atoms with E-state index in [9.17, 15) is 9.59 Å². The largest absolute Gasteiger partial charge is 0.397 e. The molecule has 0 saturated carbocycles. The first-order chi connectivity index (χ1) is 19.0. The maximum absolute atomic E-state index is 9.90. The van der Waals surface area contributed by atoms with Gasteiger partial charge in [-0.1, -0.05) is 0 Å². The molecule has 0 radical (unpaired) electrons. The minimum atomic E-state index is -1.79. The van der Waals surface area contributed by atoms with Gasteiger partial charge < -0.3 is 102 Å². The van der Waals surface area contributed by atoms with E-state index >= 15 is 0 Å². The van der Waals surface area contributed by atoms with Crippen molar-refractivity contribution >= 4 is 12.6 Å². The summed E-state index contributed by atoms with van der Waals surface area (Å²) in [6.07, 6.45) is -16.7. The molecule has 0 saturated heterocycles. The van der Waals surface area contributed by atoms with E-state index in [1.54, 1.807) is 6.92 Å². The maximum atomic E-state index is 9.90. The molecule has 10 atom stereocenters. The van der Waals surface area contributed by atoms with E-state index in [2.05, 4.69) is 0 Å². The third-order valence-corrected chi connectivity index (χ3v) is 4.08. The standard InChI is InChI=1S/C6H12O6.C5H12O5.C5H10O5.C3H8O3.C2H6O/c7-1-3(9)5(11)6(12)4(10)2-8;2*6-1-3(8)5(10)4(9)2-7;4-1-3(6)2-5;1-2-3/h1,3-6,8-12H,2H2;3-10H,1-2H2;1,3-5,7-10H,2H2;3-6H,1-2H2;3H,2H2,1H3/t3-,4+,5+,6+;2*3-,4+,5+;;/m0.0../s1. The average Bonchev–Trinajstić information content (AvgIpc) is 3.01. The van der Waals surface area contributed by atoms with E-state index in [4.69, 9.17) is 91.9 Å². The molecule has 0 heterocycles. The average molecular weight is 621 g/mol. The minimum absolute atomic E-state index is 0.0258. The molecule has 0 aliphatic heterocycles. The van der Waals surface area contributed by atoms with Gasteiger partial charge in [0.1, 0.15) is 67.1 Å². The van der Waals surface area contributed by atoms with Crippen molar-refractivity contribution in [3.63, 3.8) is 0 Å². The highest BCUT2D eigenvalue weighted by molar-refractivity contribution is 5.57. The molecular formula is C21H48O20. The van der Waals surface area contributed by atoms with Crippen LogP contribution in [0.5, 0.6) is 0 Å². The van der Waals surface area contributed by atoms with Crippen LogP contribution in [0.4, 0.5) is 0 Å². The van der Waals surface area contributed by atoms with Gasteiger partial charge in [0.2, 0.25) is 0 Å². The Bertz CT molecular complexity index is 531. The second kappa shape index (κ2) is 33.1. The van der Waals surface area contributed by atoms with E-state index in [0.717, 1.165) is 0 Å². The number of hydrogen-bond donors (Lipinski definition) is 18. The predicted molar refractivity (Wildman–Crippen MR) is 133 cm³/mol. The number of aldehydes is 2. The molecule has 0 unspecified atom stereocenters. The Morgan fingerprint density at radius 1 is 0.415 bits per heavy atom. The van der Waals surface area contributed by atoms with Crippen molar-refractivity contribution in [1.82, 2.24) is 0 Å². The van der Waals surface area contributed by atoms with Gasteiger partial charge in [-0.3, -0.25) is 0 Å². The monoisotopic (exact) mass is 620 g/mol. The van der Waals surface area contributed by atoms with Crippen LogP contribution < -0.4 is 0 Å².